The lowest BCUT2D eigenvalue weighted by Gasteiger charge is -2.29. The number of aromatic hydroxyl groups is 2. The van der Waals surface area contributed by atoms with E-state index in [1.54, 1.807) is 51.8 Å². The van der Waals surface area contributed by atoms with E-state index in [2.05, 4.69) is 27.7 Å². The summed E-state index contributed by atoms with van der Waals surface area (Å²) < 4.78 is 25.0. The molecule has 51 heavy (non-hydrogen) atoms. The molecule has 266 valence electrons. The molecule has 8 rings (SSSR count). The number of thioether (sulfide) groups is 2. The third-order valence-electron chi connectivity index (χ3n) is 10.9. The summed E-state index contributed by atoms with van der Waals surface area (Å²) in [7, 11) is 6.41. The number of allylic oxidation sites excluding steroid dienone is 2. The Kier molecular flexibility index (Phi) is 7.99. The van der Waals surface area contributed by atoms with Crippen LogP contribution in [0.15, 0.2) is 25.3 Å². The van der Waals surface area contributed by atoms with Gasteiger partial charge in [0.2, 0.25) is 0 Å². The van der Waals surface area contributed by atoms with Gasteiger partial charge in [0.25, 0.3) is 0 Å². The van der Waals surface area contributed by atoms with E-state index in [-0.39, 0.29) is 47.0 Å². The number of carbonyl (C=O) groups excluding carboxylic acids is 1. The van der Waals surface area contributed by atoms with Gasteiger partial charge in [-0.3, -0.25) is 14.8 Å². The average molecular weight is 727 g/mol. The SMILES string of the molecule is COc1c(O)c2c3c(c(OC)c4c5c(OC)c6c(c7c(O)c(OC)c8c(c(c1CC(C)=C8C(C)=O)c24)c75)=NC(C(C)C)CS6)SCC(C(C)C)N=3. The maximum Gasteiger partial charge on any atom is 0.169 e. The number of Topliss-reactive ketones (excluding diaryl/α,β-unsaturated/α-hetero) is 1. The van der Waals surface area contributed by atoms with Crippen molar-refractivity contribution in [3.8, 4) is 34.5 Å². The maximum atomic E-state index is 13.8. The standard InChI is InChI=1S/C40H42N2O7S2/c1-14(2)19-12-50-39-31(41-19)29-24-22-18(35(46-7)33(29)44)11-16(5)21(17(6)43)26-23(22)25-28(27(24)37(39)48-9)38(49-10)40-32(30(25)34(45)36(26)47-8)42-20(13-51-40)15(3)4/h14-15,19-20,44-45H,11-13H2,1-10H3. The third-order valence-corrected chi connectivity index (χ3v) is 13.3. The molecule has 1 aliphatic carbocycles. The summed E-state index contributed by atoms with van der Waals surface area (Å²) >= 11 is 3.33. The van der Waals surface area contributed by atoms with E-state index in [1.807, 2.05) is 6.92 Å². The van der Waals surface area contributed by atoms with E-state index in [4.69, 9.17) is 28.9 Å². The quantitative estimate of drug-likeness (QED) is 0.129. The fraction of sp³-hybridized carbons (Fsp3) is 0.425. The molecular formula is C40H42N2O7S2. The van der Waals surface area contributed by atoms with Crippen LogP contribution in [0, 0.1) is 11.8 Å². The van der Waals surface area contributed by atoms with Crippen LogP contribution in [-0.2, 0) is 11.2 Å². The molecule has 2 aliphatic heterocycles. The molecule has 0 amide bonds. The zero-order chi connectivity index (χ0) is 36.4. The molecule has 5 aromatic rings. The van der Waals surface area contributed by atoms with Crippen molar-refractivity contribution in [2.24, 2.45) is 21.8 Å². The third kappa shape index (κ3) is 4.40. The van der Waals surface area contributed by atoms with E-state index in [0.29, 0.717) is 72.5 Å². The predicted octanol–water partition coefficient (Wildman–Crippen LogP) is 7.60. The molecular weight excluding hydrogens is 685 g/mol. The van der Waals surface area contributed by atoms with Gasteiger partial charge in [-0.2, -0.15) is 0 Å². The summed E-state index contributed by atoms with van der Waals surface area (Å²) in [5.74, 6) is 3.52. The Balaban J connectivity index is 1.85. The zero-order valence-electron chi connectivity index (χ0n) is 30.6. The summed E-state index contributed by atoms with van der Waals surface area (Å²) in [4.78, 5) is 26.0. The van der Waals surface area contributed by atoms with Crippen LogP contribution < -0.4 is 29.7 Å². The summed E-state index contributed by atoms with van der Waals surface area (Å²) in [5.41, 5.74) is 2.44. The average Bonchev–Trinajstić information content (AvgIpc) is 3.23. The first kappa shape index (κ1) is 34.0. The van der Waals surface area contributed by atoms with Crippen molar-refractivity contribution >= 4 is 78.0 Å². The highest BCUT2D eigenvalue weighted by atomic mass is 32.2. The fourth-order valence-corrected chi connectivity index (χ4v) is 11.3. The van der Waals surface area contributed by atoms with Crippen molar-refractivity contribution < 1.29 is 34.0 Å². The van der Waals surface area contributed by atoms with Crippen molar-refractivity contribution in [2.75, 3.05) is 39.9 Å². The second-order valence-electron chi connectivity index (χ2n) is 14.4. The molecule has 0 bridgehead atoms. The number of hydrogen-bond donors (Lipinski definition) is 2. The van der Waals surface area contributed by atoms with Gasteiger partial charge in [0.05, 0.1) is 71.8 Å². The Morgan fingerprint density at radius 1 is 0.667 bits per heavy atom. The molecule has 0 radical (unpaired) electrons. The van der Waals surface area contributed by atoms with Gasteiger partial charge >= 0.3 is 0 Å². The summed E-state index contributed by atoms with van der Waals surface area (Å²) in [6.07, 6.45) is 0.309. The lowest BCUT2D eigenvalue weighted by Crippen LogP contribution is -2.27. The Morgan fingerprint density at radius 2 is 1.12 bits per heavy atom. The largest absolute Gasteiger partial charge is 0.504 e. The van der Waals surface area contributed by atoms with Crippen LogP contribution in [0.4, 0.5) is 0 Å². The molecule has 0 saturated heterocycles. The normalized spacial score (nSPS) is 18.4. The number of benzene rings is 5. The number of ether oxygens (including phenoxy) is 4. The number of phenols is 2. The zero-order valence-corrected chi connectivity index (χ0v) is 32.2. The number of fused-ring (bicyclic) bond motifs is 5. The van der Waals surface area contributed by atoms with Gasteiger partial charge in [0.1, 0.15) is 11.5 Å². The lowest BCUT2D eigenvalue weighted by atomic mass is 9.82. The minimum absolute atomic E-state index is 0.000105. The predicted molar refractivity (Wildman–Crippen MR) is 205 cm³/mol. The van der Waals surface area contributed by atoms with Gasteiger partial charge in [-0.05, 0) is 37.5 Å². The Labute approximate surface area is 304 Å². The molecule has 11 heteroatoms. The number of phenolic OH excluding ortho intramolecular Hbond substituents is 2. The van der Waals surface area contributed by atoms with Crippen LogP contribution in [0.3, 0.4) is 0 Å². The van der Waals surface area contributed by atoms with Gasteiger partial charge in [-0.1, -0.05) is 33.3 Å². The molecule has 2 N–H and O–H groups in total. The summed E-state index contributed by atoms with van der Waals surface area (Å²) in [6, 6.07) is 0.0125. The van der Waals surface area contributed by atoms with E-state index >= 15 is 0 Å². The number of ketones is 1. The Bertz CT molecular complexity index is 2540. The highest BCUT2D eigenvalue weighted by Gasteiger charge is 2.39. The molecule has 2 heterocycles. The van der Waals surface area contributed by atoms with Crippen LogP contribution in [0.5, 0.6) is 34.5 Å². The number of rotatable bonds is 7. The van der Waals surface area contributed by atoms with E-state index in [9.17, 15) is 15.0 Å². The number of hydrogen-bond acceptors (Lipinski definition) is 11. The first-order chi connectivity index (χ1) is 24.4. The van der Waals surface area contributed by atoms with Crippen molar-refractivity contribution in [3.05, 3.63) is 27.4 Å². The molecule has 0 fully saturated rings. The molecule has 0 aromatic heterocycles. The summed E-state index contributed by atoms with van der Waals surface area (Å²) in [6.45, 7) is 12.1. The van der Waals surface area contributed by atoms with Gasteiger partial charge in [-0.15, -0.1) is 23.5 Å². The lowest BCUT2D eigenvalue weighted by molar-refractivity contribution is -0.111. The minimum Gasteiger partial charge on any atom is -0.504 e. The molecule has 2 unspecified atom stereocenters. The number of methoxy groups -OCH3 is 4. The number of carbonyl (C=O) groups is 1. The van der Waals surface area contributed by atoms with Crippen molar-refractivity contribution in [3.63, 3.8) is 0 Å². The first-order valence-electron chi connectivity index (χ1n) is 17.3. The van der Waals surface area contributed by atoms with Crippen LogP contribution in [0.1, 0.15) is 52.7 Å². The van der Waals surface area contributed by atoms with Crippen LogP contribution in [0.25, 0.3) is 48.7 Å². The molecule has 5 aromatic carbocycles. The van der Waals surface area contributed by atoms with Gasteiger partial charge in [0, 0.05) is 55.1 Å². The second kappa shape index (κ2) is 12.0. The van der Waals surface area contributed by atoms with Crippen LogP contribution in [0.2, 0.25) is 0 Å². The van der Waals surface area contributed by atoms with E-state index in [0.717, 1.165) is 48.6 Å². The van der Waals surface area contributed by atoms with Crippen LogP contribution >= 0.6 is 23.5 Å². The van der Waals surface area contributed by atoms with E-state index in [1.165, 1.54) is 7.11 Å². The molecule has 0 saturated carbocycles. The Hall–Kier alpha value is -4.09. The van der Waals surface area contributed by atoms with Crippen LogP contribution in [-0.4, -0.2) is 68.0 Å². The van der Waals surface area contributed by atoms with Crippen molar-refractivity contribution in [1.82, 2.24) is 0 Å². The van der Waals surface area contributed by atoms with Crippen molar-refractivity contribution in [1.29, 1.82) is 0 Å². The highest BCUT2D eigenvalue weighted by Crippen LogP contribution is 2.60. The van der Waals surface area contributed by atoms with Gasteiger partial charge in [0.15, 0.2) is 28.8 Å². The molecule has 9 nitrogen and oxygen atoms in total. The van der Waals surface area contributed by atoms with Crippen molar-refractivity contribution in [2.45, 2.75) is 69.8 Å². The molecule has 2 atom stereocenters. The van der Waals surface area contributed by atoms with E-state index < -0.39 is 0 Å². The smallest absolute Gasteiger partial charge is 0.169 e. The van der Waals surface area contributed by atoms with Gasteiger partial charge in [-0.25, -0.2) is 0 Å². The maximum absolute atomic E-state index is 13.8. The topological polar surface area (TPSA) is 119 Å². The molecule has 3 aliphatic rings. The minimum atomic E-state index is -0.167. The second-order valence-corrected chi connectivity index (χ2v) is 16.5. The molecule has 0 spiro atoms. The Morgan fingerprint density at radius 3 is 1.55 bits per heavy atom. The monoisotopic (exact) mass is 726 g/mol. The summed E-state index contributed by atoms with van der Waals surface area (Å²) in [5, 5.41) is 31.7. The number of nitrogens with zero attached hydrogens (tertiary/aromatic N) is 2. The van der Waals surface area contributed by atoms with Gasteiger partial charge < -0.3 is 29.2 Å². The highest BCUT2D eigenvalue weighted by molar-refractivity contribution is 7.99. The fourth-order valence-electron chi connectivity index (χ4n) is 8.54. The first-order valence-corrected chi connectivity index (χ1v) is 19.3.